The van der Waals surface area contributed by atoms with Crippen LogP contribution in [0.25, 0.3) is 0 Å². The Kier molecular flexibility index (Phi) is 3.22. The number of hydrogen-bond donors (Lipinski definition) is 1. The van der Waals surface area contributed by atoms with E-state index < -0.39 is 0 Å². The molecule has 0 atom stereocenters. The summed E-state index contributed by atoms with van der Waals surface area (Å²) in [5.74, 6) is 2.70. The summed E-state index contributed by atoms with van der Waals surface area (Å²) in [6, 6.07) is 4.24. The molecule has 82 valence electrons. The number of hydrogen-bond acceptors (Lipinski definition) is 2. The summed E-state index contributed by atoms with van der Waals surface area (Å²) in [6.45, 7) is 5.69. The molecule has 1 aliphatic rings. The van der Waals surface area contributed by atoms with Gasteiger partial charge in [-0.25, -0.2) is 0 Å². The first kappa shape index (κ1) is 10.8. The highest BCUT2D eigenvalue weighted by atomic mass is 32.2. The van der Waals surface area contributed by atoms with E-state index >= 15 is 0 Å². The van der Waals surface area contributed by atoms with Crippen molar-refractivity contribution in [3.05, 3.63) is 23.3 Å². The third-order valence-electron chi connectivity index (χ3n) is 2.75. The van der Waals surface area contributed by atoms with Gasteiger partial charge in [0.15, 0.2) is 4.90 Å². The molecular weight excluding hydrogens is 208 g/mol. The minimum absolute atomic E-state index is 0.327. The summed E-state index contributed by atoms with van der Waals surface area (Å²) < 4.78 is 5.36. The Morgan fingerprint density at radius 2 is 1.67 bits per heavy atom. The van der Waals surface area contributed by atoms with Crippen LogP contribution in [-0.2, 0) is 15.6 Å². The van der Waals surface area contributed by atoms with Crippen LogP contribution < -0.4 is 0 Å². The number of rotatable bonds is 1. The first-order valence-electron chi connectivity index (χ1n) is 5.24. The van der Waals surface area contributed by atoms with Gasteiger partial charge in [0, 0.05) is 10.9 Å². The molecule has 15 heavy (non-hydrogen) atoms. The van der Waals surface area contributed by atoms with Crippen molar-refractivity contribution >= 4 is 10.9 Å². The molecule has 1 saturated heterocycles. The Hall–Kier alpha value is -0.670. The van der Waals surface area contributed by atoms with Crippen molar-refractivity contribution in [2.45, 2.75) is 18.7 Å². The highest BCUT2D eigenvalue weighted by molar-refractivity contribution is 7.97. The van der Waals surface area contributed by atoms with Crippen LogP contribution in [0.15, 0.2) is 17.0 Å². The quantitative estimate of drug-likeness (QED) is 0.741. The third kappa shape index (κ3) is 2.29. The van der Waals surface area contributed by atoms with Gasteiger partial charge < -0.3 is 9.84 Å². The van der Waals surface area contributed by atoms with E-state index in [1.54, 1.807) is 0 Å². The average Bonchev–Trinajstić information content (AvgIpc) is 2.26. The van der Waals surface area contributed by atoms with Crippen LogP contribution in [0.4, 0.5) is 0 Å². The molecule has 1 heterocycles. The van der Waals surface area contributed by atoms with Crippen molar-refractivity contribution in [2.24, 2.45) is 0 Å². The van der Waals surface area contributed by atoms with E-state index in [1.807, 2.05) is 13.8 Å². The van der Waals surface area contributed by atoms with Crippen LogP contribution in [0.2, 0.25) is 0 Å². The first-order chi connectivity index (χ1) is 7.18. The van der Waals surface area contributed by atoms with Crippen molar-refractivity contribution in [1.82, 2.24) is 0 Å². The SMILES string of the molecule is Cc1cc([S+]2CCOCC2)cc(C)c1O. The van der Waals surface area contributed by atoms with Gasteiger partial charge in [0.25, 0.3) is 0 Å². The van der Waals surface area contributed by atoms with E-state index in [2.05, 4.69) is 12.1 Å². The first-order valence-corrected chi connectivity index (χ1v) is 6.80. The van der Waals surface area contributed by atoms with Gasteiger partial charge >= 0.3 is 0 Å². The lowest BCUT2D eigenvalue weighted by Crippen LogP contribution is -2.26. The Morgan fingerprint density at radius 3 is 2.20 bits per heavy atom. The zero-order chi connectivity index (χ0) is 10.8. The van der Waals surface area contributed by atoms with Crippen molar-refractivity contribution in [3.8, 4) is 5.75 Å². The topological polar surface area (TPSA) is 29.5 Å². The highest BCUT2D eigenvalue weighted by Crippen LogP contribution is 2.27. The molecular formula is C12H17O2S+. The van der Waals surface area contributed by atoms with E-state index in [0.29, 0.717) is 16.6 Å². The number of phenolic OH excluding ortho intramolecular Hbond substituents is 1. The smallest absolute Gasteiger partial charge is 0.155 e. The lowest BCUT2D eigenvalue weighted by Gasteiger charge is -2.15. The molecule has 0 aromatic heterocycles. The molecule has 1 aromatic carbocycles. The van der Waals surface area contributed by atoms with Crippen LogP contribution in [0, 0.1) is 13.8 Å². The summed E-state index contributed by atoms with van der Waals surface area (Å²) in [6.07, 6.45) is 0. The molecule has 2 nitrogen and oxygen atoms in total. The molecule has 0 bridgehead atoms. The lowest BCUT2D eigenvalue weighted by atomic mass is 10.1. The predicted molar refractivity (Wildman–Crippen MR) is 63.8 cm³/mol. The molecule has 0 spiro atoms. The fourth-order valence-electron chi connectivity index (χ4n) is 1.84. The molecule has 2 rings (SSSR count). The lowest BCUT2D eigenvalue weighted by molar-refractivity contribution is 0.159. The van der Waals surface area contributed by atoms with Crippen molar-refractivity contribution < 1.29 is 9.84 Å². The van der Waals surface area contributed by atoms with E-state index in [-0.39, 0.29) is 0 Å². The fraction of sp³-hybridized carbons (Fsp3) is 0.500. The summed E-state index contributed by atoms with van der Waals surface area (Å²) in [5.41, 5.74) is 1.98. The van der Waals surface area contributed by atoms with E-state index in [4.69, 9.17) is 4.74 Å². The highest BCUT2D eigenvalue weighted by Gasteiger charge is 2.26. The van der Waals surface area contributed by atoms with Gasteiger partial charge in [-0.1, -0.05) is 0 Å². The standard InChI is InChI=1S/C12H16O2S/c1-9-7-11(8-10(2)12(9)13)15-5-3-14-4-6-15/h7-8H,3-6H2,1-2H3/p+1. The number of aromatic hydroxyl groups is 1. The Labute approximate surface area is 93.6 Å². The maximum atomic E-state index is 9.71. The minimum atomic E-state index is 0.327. The molecule has 1 fully saturated rings. The van der Waals surface area contributed by atoms with E-state index in [9.17, 15) is 5.11 Å². The Balaban J connectivity index is 2.27. The van der Waals surface area contributed by atoms with Gasteiger partial charge in [0.05, 0.1) is 13.2 Å². The van der Waals surface area contributed by atoms with Crippen molar-refractivity contribution in [2.75, 3.05) is 24.7 Å². The summed E-state index contributed by atoms with van der Waals surface area (Å²) >= 11 is 0. The van der Waals surface area contributed by atoms with Gasteiger partial charge in [-0.2, -0.15) is 0 Å². The minimum Gasteiger partial charge on any atom is -0.507 e. The van der Waals surface area contributed by atoms with Crippen molar-refractivity contribution in [1.29, 1.82) is 0 Å². The molecule has 3 heteroatoms. The number of phenols is 1. The van der Waals surface area contributed by atoms with Gasteiger partial charge in [-0.15, -0.1) is 0 Å². The van der Waals surface area contributed by atoms with Crippen LogP contribution in [0.1, 0.15) is 11.1 Å². The average molecular weight is 225 g/mol. The largest absolute Gasteiger partial charge is 0.507 e. The third-order valence-corrected chi connectivity index (χ3v) is 4.97. The van der Waals surface area contributed by atoms with E-state index in [1.165, 1.54) is 4.90 Å². The molecule has 1 aliphatic heterocycles. The normalized spacial score (nSPS) is 18.0. The van der Waals surface area contributed by atoms with Crippen molar-refractivity contribution in [3.63, 3.8) is 0 Å². The maximum absolute atomic E-state index is 9.71. The van der Waals surface area contributed by atoms with Gasteiger partial charge in [-0.3, -0.25) is 0 Å². The molecule has 0 amide bonds. The second-order valence-corrected chi connectivity index (χ2v) is 6.19. The monoisotopic (exact) mass is 225 g/mol. The molecule has 0 radical (unpaired) electrons. The predicted octanol–water partition coefficient (Wildman–Crippen LogP) is 2.02. The van der Waals surface area contributed by atoms with Gasteiger partial charge in [-0.05, 0) is 37.1 Å². The van der Waals surface area contributed by atoms with Crippen LogP contribution in [0.5, 0.6) is 5.75 Å². The molecule has 0 unspecified atom stereocenters. The summed E-state index contributed by atoms with van der Waals surface area (Å²) in [5, 5.41) is 9.71. The van der Waals surface area contributed by atoms with Crippen LogP contribution in [0.3, 0.4) is 0 Å². The van der Waals surface area contributed by atoms with Crippen LogP contribution >= 0.6 is 0 Å². The number of ether oxygens (including phenoxy) is 1. The van der Waals surface area contributed by atoms with Gasteiger partial charge in [0.1, 0.15) is 17.3 Å². The Bertz CT molecular complexity index is 334. The summed E-state index contributed by atoms with van der Waals surface area (Å²) in [4.78, 5) is 1.38. The molecule has 1 N–H and O–H groups in total. The second kappa shape index (κ2) is 4.45. The second-order valence-electron chi connectivity index (χ2n) is 3.92. The molecule has 0 saturated carbocycles. The number of aryl methyl sites for hydroxylation is 2. The van der Waals surface area contributed by atoms with E-state index in [0.717, 1.165) is 35.8 Å². The molecule has 1 aromatic rings. The van der Waals surface area contributed by atoms with Gasteiger partial charge in [0.2, 0.25) is 0 Å². The fourth-order valence-corrected chi connectivity index (χ4v) is 3.84. The maximum Gasteiger partial charge on any atom is 0.155 e. The summed E-state index contributed by atoms with van der Waals surface area (Å²) in [7, 11) is 0.327. The van der Waals surface area contributed by atoms with Crippen LogP contribution in [-0.4, -0.2) is 29.8 Å². The zero-order valence-electron chi connectivity index (χ0n) is 9.25. The number of benzene rings is 1. The zero-order valence-corrected chi connectivity index (χ0v) is 10.1. The Morgan fingerprint density at radius 1 is 1.13 bits per heavy atom. The molecule has 0 aliphatic carbocycles.